The number of aromatic nitrogens is 2. The van der Waals surface area contributed by atoms with E-state index in [4.69, 9.17) is 0 Å². The van der Waals surface area contributed by atoms with Crippen LogP contribution in [0.15, 0.2) is 10.9 Å². The molecule has 20 heavy (non-hydrogen) atoms. The highest BCUT2D eigenvalue weighted by Gasteiger charge is 2.27. The molecule has 0 aromatic carbocycles. The number of hydrogen-bond donors (Lipinski definition) is 3. The minimum Gasteiger partial charge on any atom is -0.368 e. The van der Waals surface area contributed by atoms with E-state index in [1.54, 1.807) is 13.8 Å². The van der Waals surface area contributed by atoms with Crippen molar-refractivity contribution in [3.63, 3.8) is 0 Å². The normalized spacial score (nSPS) is 16.1. The second-order valence-electron chi connectivity index (χ2n) is 5.90. The van der Waals surface area contributed by atoms with Crippen molar-refractivity contribution >= 4 is 15.8 Å². The molecule has 112 valence electrons. The molecule has 1 aromatic rings. The zero-order valence-electron chi connectivity index (χ0n) is 11.9. The zero-order valence-corrected chi connectivity index (χ0v) is 12.7. The van der Waals surface area contributed by atoms with E-state index in [-0.39, 0.29) is 5.56 Å². The molecular formula is C12H20N4O3S. The molecule has 1 heterocycles. The molecule has 0 bridgehead atoms. The van der Waals surface area contributed by atoms with E-state index >= 15 is 0 Å². The Morgan fingerprint density at radius 1 is 1.45 bits per heavy atom. The Hall–Kier alpha value is -1.41. The van der Waals surface area contributed by atoms with E-state index in [9.17, 15) is 13.2 Å². The molecule has 8 heteroatoms. The van der Waals surface area contributed by atoms with Crippen molar-refractivity contribution in [3.8, 4) is 0 Å². The molecule has 1 fully saturated rings. The van der Waals surface area contributed by atoms with Gasteiger partial charge in [0, 0.05) is 24.1 Å². The van der Waals surface area contributed by atoms with Crippen molar-refractivity contribution in [3.05, 3.63) is 22.2 Å². The predicted molar refractivity (Wildman–Crippen MR) is 77.4 cm³/mol. The third kappa shape index (κ3) is 4.61. The number of rotatable bonds is 6. The lowest BCUT2D eigenvalue weighted by Gasteiger charge is -2.25. The molecule has 1 aromatic heterocycles. The van der Waals surface area contributed by atoms with Gasteiger partial charge in [-0.2, -0.15) is 0 Å². The van der Waals surface area contributed by atoms with Crippen LogP contribution in [-0.2, 0) is 10.0 Å². The fourth-order valence-corrected chi connectivity index (χ4v) is 3.04. The summed E-state index contributed by atoms with van der Waals surface area (Å²) in [6.07, 6.45) is 3.21. The predicted octanol–water partition coefficient (Wildman–Crippen LogP) is 0.387. The molecule has 0 atom stereocenters. The highest BCUT2D eigenvalue weighted by atomic mass is 32.2. The monoisotopic (exact) mass is 300 g/mol. The van der Waals surface area contributed by atoms with Gasteiger partial charge in [-0.3, -0.25) is 4.79 Å². The number of nitrogens with zero attached hydrogens (tertiary/aromatic N) is 1. The second-order valence-corrected chi connectivity index (χ2v) is 7.65. The minimum absolute atomic E-state index is 0.196. The van der Waals surface area contributed by atoms with Crippen LogP contribution in [0.3, 0.4) is 0 Å². The van der Waals surface area contributed by atoms with Gasteiger partial charge in [-0.25, -0.2) is 18.1 Å². The second kappa shape index (κ2) is 5.17. The molecule has 1 aliphatic carbocycles. The molecule has 0 radical (unpaired) electrons. The lowest BCUT2D eigenvalue weighted by Crippen LogP contribution is -2.47. The van der Waals surface area contributed by atoms with Gasteiger partial charge in [0.25, 0.3) is 5.56 Å². The van der Waals surface area contributed by atoms with Crippen LogP contribution >= 0.6 is 0 Å². The average molecular weight is 300 g/mol. The third-order valence-electron chi connectivity index (χ3n) is 2.90. The number of hydrogen-bond acceptors (Lipinski definition) is 5. The summed E-state index contributed by atoms with van der Waals surface area (Å²) >= 11 is 0. The molecule has 0 aliphatic heterocycles. The first-order valence-corrected chi connectivity index (χ1v) is 8.38. The fraction of sp³-hybridized carbons (Fsp3) is 0.667. The molecule has 2 rings (SSSR count). The number of H-pyrrole nitrogens is 1. The number of sulfonamides is 1. The minimum atomic E-state index is -3.28. The first kappa shape index (κ1) is 15.0. The first-order valence-electron chi connectivity index (χ1n) is 6.49. The van der Waals surface area contributed by atoms with Crippen LogP contribution in [0.1, 0.15) is 38.4 Å². The Morgan fingerprint density at radius 3 is 2.65 bits per heavy atom. The summed E-state index contributed by atoms with van der Waals surface area (Å²) in [6.45, 7) is 3.85. The molecule has 1 aliphatic rings. The van der Waals surface area contributed by atoms with Crippen LogP contribution in [0, 0.1) is 0 Å². The number of aromatic amines is 1. The molecule has 0 amide bonds. The van der Waals surface area contributed by atoms with E-state index in [2.05, 4.69) is 20.0 Å². The Labute approximate surface area is 118 Å². The molecule has 0 spiro atoms. The molecule has 0 saturated heterocycles. The van der Waals surface area contributed by atoms with E-state index < -0.39 is 15.6 Å². The van der Waals surface area contributed by atoms with Gasteiger partial charge in [0.2, 0.25) is 10.0 Å². The van der Waals surface area contributed by atoms with Gasteiger partial charge in [-0.05, 0) is 26.7 Å². The van der Waals surface area contributed by atoms with Crippen molar-refractivity contribution in [2.45, 2.75) is 38.1 Å². The molecule has 0 unspecified atom stereocenters. The van der Waals surface area contributed by atoms with Gasteiger partial charge in [0.05, 0.1) is 6.26 Å². The van der Waals surface area contributed by atoms with Crippen molar-refractivity contribution in [1.29, 1.82) is 0 Å². The van der Waals surface area contributed by atoms with Crippen molar-refractivity contribution in [1.82, 2.24) is 14.7 Å². The summed E-state index contributed by atoms with van der Waals surface area (Å²) < 4.78 is 25.0. The maximum Gasteiger partial charge on any atom is 0.252 e. The zero-order chi connectivity index (χ0) is 15.0. The quantitative estimate of drug-likeness (QED) is 0.705. The van der Waals surface area contributed by atoms with Crippen molar-refractivity contribution < 1.29 is 8.42 Å². The summed E-state index contributed by atoms with van der Waals surface area (Å²) in [7, 11) is -3.28. The topological polar surface area (TPSA) is 104 Å². The molecule has 1 saturated carbocycles. The van der Waals surface area contributed by atoms with Gasteiger partial charge in [-0.15, -0.1) is 0 Å². The van der Waals surface area contributed by atoms with Gasteiger partial charge < -0.3 is 10.3 Å². The van der Waals surface area contributed by atoms with Crippen LogP contribution in [0.2, 0.25) is 0 Å². The van der Waals surface area contributed by atoms with Crippen LogP contribution in [0.25, 0.3) is 0 Å². The third-order valence-corrected chi connectivity index (χ3v) is 3.82. The summed E-state index contributed by atoms with van der Waals surface area (Å²) in [5, 5.41) is 3.01. The molecule has 7 nitrogen and oxygen atoms in total. The average Bonchev–Trinajstić information content (AvgIpc) is 3.06. The fourth-order valence-electron chi connectivity index (χ4n) is 1.97. The Balaban J connectivity index is 2.05. The Kier molecular flexibility index (Phi) is 3.88. The summed E-state index contributed by atoms with van der Waals surface area (Å²) in [6, 6.07) is 1.38. The maximum absolute atomic E-state index is 11.5. The summed E-state index contributed by atoms with van der Waals surface area (Å²) in [4.78, 5) is 18.6. The van der Waals surface area contributed by atoms with Gasteiger partial charge in [-0.1, -0.05) is 0 Å². The van der Waals surface area contributed by atoms with Crippen LogP contribution < -0.4 is 15.6 Å². The molecule has 3 N–H and O–H groups in total. The van der Waals surface area contributed by atoms with Crippen LogP contribution in [0.5, 0.6) is 0 Å². The summed E-state index contributed by atoms with van der Waals surface area (Å²) in [5.41, 5.74) is -0.865. The van der Waals surface area contributed by atoms with Gasteiger partial charge >= 0.3 is 0 Å². The van der Waals surface area contributed by atoms with Crippen molar-refractivity contribution in [2.24, 2.45) is 0 Å². The standard InChI is InChI=1S/C12H20N4O3S/c1-12(2,16-20(3,18)19)7-13-9-6-10(17)15-11(14-9)8-4-5-8/h6,8,16H,4-5,7H2,1-3H3,(H2,13,14,15,17). The van der Waals surface area contributed by atoms with Crippen LogP contribution in [-0.4, -0.2) is 36.7 Å². The number of anilines is 1. The molecular weight excluding hydrogens is 280 g/mol. The van der Waals surface area contributed by atoms with Crippen molar-refractivity contribution in [2.75, 3.05) is 18.1 Å². The lowest BCUT2D eigenvalue weighted by molar-refractivity contribution is 0.475. The highest BCUT2D eigenvalue weighted by molar-refractivity contribution is 7.88. The van der Waals surface area contributed by atoms with E-state index in [0.717, 1.165) is 19.1 Å². The smallest absolute Gasteiger partial charge is 0.252 e. The SMILES string of the molecule is CC(C)(CNc1cc(=O)[nH]c(C2CC2)n1)NS(C)(=O)=O. The first-order chi connectivity index (χ1) is 9.15. The van der Waals surface area contributed by atoms with Gasteiger partial charge in [0.15, 0.2) is 0 Å². The lowest BCUT2D eigenvalue weighted by atomic mass is 10.1. The largest absolute Gasteiger partial charge is 0.368 e. The number of nitrogens with one attached hydrogen (secondary N) is 3. The maximum atomic E-state index is 11.5. The van der Waals surface area contributed by atoms with Crippen LogP contribution in [0.4, 0.5) is 5.82 Å². The van der Waals surface area contributed by atoms with Gasteiger partial charge in [0.1, 0.15) is 11.6 Å². The highest BCUT2D eigenvalue weighted by Crippen LogP contribution is 2.37. The van der Waals surface area contributed by atoms with E-state index in [1.807, 2.05) is 0 Å². The van der Waals surface area contributed by atoms with E-state index in [1.165, 1.54) is 6.07 Å². The van der Waals surface area contributed by atoms with E-state index in [0.29, 0.717) is 24.1 Å². The summed E-state index contributed by atoms with van der Waals surface area (Å²) in [5.74, 6) is 1.53. The Bertz CT molecular complexity index is 647. The Morgan fingerprint density at radius 2 is 2.10 bits per heavy atom.